The van der Waals surface area contributed by atoms with Gasteiger partial charge in [0.1, 0.15) is 0 Å². The molecule has 2 rings (SSSR count). The number of amides is 1. The van der Waals surface area contributed by atoms with Gasteiger partial charge in [-0.2, -0.15) is 0 Å². The Morgan fingerprint density at radius 1 is 1.57 bits per heavy atom. The van der Waals surface area contributed by atoms with Crippen LogP contribution in [0.2, 0.25) is 0 Å². The molecule has 76 valence electrons. The van der Waals surface area contributed by atoms with Crippen LogP contribution in [-0.4, -0.2) is 24.1 Å². The van der Waals surface area contributed by atoms with E-state index in [1.165, 1.54) is 0 Å². The van der Waals surface area contributed by atoms with Crippen molar-refractivity contribution in [2.24, 2.45) is 0 Å². The fourth-order valence-corrected chi connectivity index (χ4v) is 1.78. The lowest BCUT2D eigenvalue weighted by atomic mass is 10.3. The standard InChI is InChI=1S/C9H10BrNO3/c10-8-4-7(6-14-8)5-11-2-1-3-13-9(11)12/h4,6H,1-3,5H2. The Morgan fingerprint density at radius 2 is 2.43 bits per heavy atom. The molecule has 0 spiro atoms. The van der Waals surface area contributed by atoms with Gasteiger partial charge in [-0.1, -0.05) is 0 Å². The zero-order valence-electron chi connectivity index (χ0n) is 7.53. The molecule has 2 heterocycles. The van der Waals surface area contributed by atoms with Gasteiger partial charge < -0.3 is 14.1 Å². The SMILES string of the molecule is O=C1OCCCN1Cc1coc(Br)c1. The molecule has 0 saturated carbocycles. The molecule has 14 heavy (non-hydrogen) atoms. The summed E-state index contributed by atoms with van der Waals surface area (Å²) in [5.74, 6) is 0. The summed E-state index contributed by atoms with van der Waals surface area (Å²) in [5.41, 5.74) is 0.968. The highest BCUT2D eigenvalue weighted by molar-refractivity contribution is 9.10. The average Bonchev–Trinajstić information content (AvgIpc) is 2.56. The third-order valence-corrected chi connectivity index (χ3v) is 2.47. The van der Waals surface area contributed by atoms with E-state index in [0.29, 0.717) is 17.8 Å². The average molecular weight is 260 g/mol. The fraction of sp³-hybridized carbons (Fsp3) is 0.444. The van der Waals surface area contributed by atoms with Crippen LogP contribution < -0.4 is 0 Å². The molecule has 1 amide bonds. The summed E-state index contributed by atoms with van der Waals surface area (Å²) >= 11 is 3.21. The van der Waals surface area contributed by atoms with E-state index >= 15 is 0 Å². The summed E-state index contributed by atoms with van der Waals surface area (Å²) in [6.07, 6.45) is 2.28. The van der Waals surface area contributed by atoms with Crippen molar-refractivity contribution in [3.63, 3.8) is 0 Å². The first-order valence-electron chi connectivity index (χ1n) is 4.40. The van der Waals surface area contributed by atoms with Crippen LogP contribution in [0.1, 0.15) is 12.0 Å². The van der Waals surface area contributed by atoms with E-state index in [-0.39, 0.29) is 6.09 Å². The normalized spacial score (nSPS) is 16.9. The lowest BCUT2D eigenvalue weighted by Gasteiger charge is -2.25. The first-order chi connectivity index (χ1) is 6.75. The Bertz CT molecular complexity index is 337. The Labute approximate surface area is 89.9 Å². The second-order valence-corrected chi connectivity index (χ2v) is 3.93. The largest absolute Gasteiger partial charge is 0.457 e. The van der Waals surface area contributed by atoms with Crippen molar-refractivity contribution in [1.82, 2.24) is 4.90 Å². The fourth-order valence-electron chi connectivity index (χ4n) is 1.39. The van der Waals surface area contributed by atoms with Crippen LogP contribution in [0.25, 0.3) is 0 Å². The van der Waals surface area contributed by atoms with E-state index in [2.05, 4.69) is 15.9 Å². The summed E-state index contributed by atoms with van der Waals surface area (Å²) in [6.45, 7) is 1.83. The zero-order chi connectivity index (χ0) is 9.97. The number of cyclic esters (lactones) is 1. The molecule has 1 aromatic rings. The van der Waals surface area contributed by atoms with Gasteiger partial charge in [0.05, 0.1) is 19.4 Å². The second-order valence-electron chi connectivity index (χ2n) is 3.15. The molecular formula is C9H10BrNO3. The molecule has 0 bridgehead atoms. The van der Waals surface area contributed by atoms with Crippen LogP contribution >= 0.6 is 15.9 Å². The van der Waals surface area contributed by atoms with Gasteiger partial charge in [0.15, 0.2) is 4.67 Å². The summed E-state index contributed by atoms with van der Waals surface area (Å²) in [6, 6.07) is 1.85. The van der Waals surface area contributed by atoms with E-state index in [4.69, 9.17) is 9.15 Å². The molecule has 0 aromatic carbocycles. The first-order valence-corrected chi connectivity index (χ1v) is 5.19. The molecular weight excluding hydrogens is 250 g/mol. The molecule has 1 saturated heterocycles. The van der Waals surface area contributed by atoms with Gasteiger partial charge in [-0.3, -0.25) is 0 Å². The molecule has 0 radical (unpaired) electrons. The van der Waals surface area contributed by atoms with E-state index in [1.54, 1.807) is 11.2 Å². The number of nitrogens with zero attached hydrogens (tertiary/aromatic N) is 1. The Balaban J connectivity index is 1.99. The van der Waals surface area contributed by atoms with E-state index < -0.39 is 0 Å². The van der Waals surface area contributed by atoms with Crippen molar-refractivity contribution in [3.05, 3.63) is 22.6 Å². The quantitative estimate of drug-likeness (QED) is 0.819. The number of carbonyl (C=O) groups excluding carboxylic acids is 1. The zero-order valence-corrected chi connectivity index (χ0v) is 9.12. The van der Waals surface area contributed by atoms with Crippen molar-refractivity contribution < 1.29 is 13.9 Å². The molecule has 1 aliphatic rings. The number of ether oxygens (including phenoxy) is 1. The van der Waals surface area contributed by atoms with Crippen molar-refractivity contribution in [2.75, 3.05) is 13.2 Å². The van der Waals surface area contributed by atoms with Crippen LogP contribution in [0.5, 0.6) is 0 Å². The lowest BCUT2D eigenvalue weighted by molar-refractivity contribution is 0.0700. The predicted molar refractivity (Wildman–Crippen MR) is 52.8 cm³/mol. The second kappa shape index (κ2) is 4.04. The van der Waals surface area contributed by atoms with Crippen molar-refractivity contribution in [3.8, 4) is 0 Å². The maximum atomic E-state index is 11.3. The summed E-state index contributed by atoms with van der Waals surface area (Å²) in [5, 5.41) is 0. The van der Waals surface area contributed by atoms with Crippen LogP contribution in [0, 0.1) is 0 Å². The number of hydrogen-bond donors (Lipinski definition) is 0. The summed E-state index contributed by atoms with van der Waals surface area (Å²) in [4.78, 5) is 12.9. The van der Waals surface area contributed by atoms with Gasteiger partial charge in [0.25, 0.3) is 0 Å². The first kappa shape index (κ1) is 9.58. The Kier molecular flexibility index (Phi) is 2.77. The minimum atomic E-state index is -0.242. The van der Waals surface area contributed by atoms with E-state index in [0.717, 1.165) is 18.5 Å². The molecule has 0 unspecified atom stereocenters. The van der Waals surface area contributed by atoms with Gasteiger partial charge in [0, 0.05) is 12.1 Å². The van der Waals surface area contributed by atoms with E-state index in [1.807, 2.05) is 6.07 Å². The lowest BCUT2D eigenvalue weighted by Crippen LogP contribution is -2.36. The smallest absolute Gasteiger partial charge is 0.410 e. The van der Waals surface area contributed by atoms with Crippen molar-refractivity contribution in [2.45, 2.75) is 13.0 Å². The molecule has 5 heteroatoms. The maximum Gasteiger partial charge on any atom is 0.410 e. The van der Waals surface area contributed by atoms with Gasteiger partial charge in [-0.15, -0.1) is 0 Å². The minimum absolute atomic E-state index is 0.242. The van der Waals surface area contributed by atoms with Gasteiger partial charge in [0.2, 0.25) is 0 Å². The molecule has 1 aromatic heterocycles. The van der Waals surface area contributed by atoms with Gasteiger partial charge >= 0.3 is 6.09 Å². The molecule has 1 fully saturated rings. The highest BCUT2D eigenvalue weighted by Crippen LogP contribution is 2.17. The van der Waals surface area contributed by atoms with Gasteiger partial charge in [-0.25, -0.2) is 4.79 Å². The summed E-state index contributed by atoms with van der Waals surface area (Å²) < 4.78 is 10.7. The third-order valence-electron chi connectivity index (χ3n) is 2.05. The predicted octanol–water partition coefficient (Wildman–Crippen LogP) is 2.38. The molecule has 0 aliphatic carbocycles. The molecule has 0 atom stereocenters. The highest BCUT2D eigenvalue weighted by atomic mass is 79.9. The number of carbonyl (C=O) groups is 1. The van der Waals surface area contributed by atoms with Crippen molar-refractivity contribution in [1.29, 1.82) is 0 Å². The van der Waals surface area contributed by atoms with Crippen LogP contribution in [0.4, 0.5) is 4.79 Å². The number of hydrogen-bond acceptors (Lipinski definition) is 3. The van der Waals surface area contributed by atoms with Crippen molar-refractivity contribution >= 4 is 22.0 Å². The number of halogens is 1. The number of rotatable bonds is 2. The Hall–Kier alpha value is -0.970. The maximum absolute atomic E-state index is 11.3. The summed E-state index contributed by atoms with van der Waals surface area (Å²) in [7, 11) is 0. The minimum Gasteiger partial charge on any atom is -0.457 e. The topological polar surface area (TPSA) is 42.7 Å². The number of furan rings is 1. The van der Waals surface area contributed by atoms with E-state index in [9.17, 15) is 4.79 Å². The van der Waals surface area contributed by atoms with Crippen LogP contribution in [-0.2, 0) is 11.3 Å². The molecule has 4 nitrogen and oxygen atoms in total. The monoisotopic (exact) mass is 259 g/mol. The Morgan fingerprint density at radius 3 is 3.07 bits per heavy atom. The van der Waals surface area contributed by atoms with Gasteiger partial charge in [-0.05, 0) is 28.4 Å². The highest BCUT2D eigenvalue weighted by Gasteiger charge is 2.19. The molecule has 1 aliphatic heterocycles. The van der Waals surface area contributed by atoms with Crippen LogP contribution in [0.3, 0.4) is 0 Å². The molecule has 0 N–H and O–H groups in total. The third kappa shape index (κ3) is 2.09. The van der Waals surface area contributed by atoms with Crippen LogP contribution in [0.15, 0.2) is 21.4 Å².